The normalized spacial score (nSPS) is 30.6. The molecule has 0 aromatic heterocycles. The van der Waals surface area contributed by atoms with Gasteiger partial charge in [-0.1, -0.05) is 39.3 Å². The maximum absolute atomic E-state index is 13.8. The van der Waals surface area contributed by atoms with Gasteiger partial charge in [-0.2, -0.15) is 0 Å². The third-order valence-electron chi connectivity index (χ3n) is 6.68. The van der Waals surface area contributed by atoms with Crippen LogP contribution in [0.5, 0.6) is 0 Å². The summed E-state index contributed by atoms with van der Waals surface area (Å²) in [5.41, 5.74) is -0.459. The molecule has 0 saturated carbocycles. The van der Waals surface area contributed by atoms with Gasteiger partial charge in [-0.25, -0.2) is 0 Å². The lowest BCUT2D eigenvalue weighted by Gasteiger charge is -2.37. The van der Waals surface area contributed by atoms with Crippen LogP contribution < -0.4 is 10.6 Å². The summed E-state index contributed by atoms with van der Waals surface area (Å²) in [6.45, 7) is 11.5. The lowest BCUT2D eigenvalue weighted by molar-refractivity contribution is -0.144. The molecule has 1 heterocycles. The monoisotopic (exact) mass is 421 g/mol. The van der Waals surface area contributed by atoms with Gasteiger partial charge >= 0.3 is 0 Å². The molecule has 0 bridgehead atoms. The molecule has 170 valence electrons. The second kappa shape index (κ2) is 9.50. The Morgan fingerprint density at radius 1 is 1.20 bits per heavy atom. The predicted molar refractivity (Wildman–Crippen MR) is 116 cm³/mol. The number of likely N-dealkylation sites (tertiary alicyclic amines) is 1. The minimum absolute atomic E-state index is 0.0217. The van der Waals surface area contributed by atoms with E-state index in [4.69, 9.17) is 0 Å². The summed E-state index contributed by atoms with van der Waals surface area (Å²) >= 11 is 0. The number of aliphatic hydroxyl groups excluding tert-OH is 1. The highest BCUT2D eigenvalue weighted by atomic mass is 16.3. The van der Waals surface area contributed by atoms with Crippen LogP contribution in [0.25, 0.3) is 0 Å². The van der Waals surface area contributed by atoms with E-state index >= 15 is 0 Å². The van der Waals surface area contributed by atoms with Crippen molar-refractivity contribution in [3.05, 3.63) is 12.2 Å². The summed E-state index contributed by atoms with van der Waals surface area (Å²) < 4.78 is 0. The molecule has 1 fully saturated rings. The smallest absolute Gasteiger partial charge is 0.243 e. The number of fused-ring (bicyclic) bond motifs is 1. The van der Waals surface area contributed by atoms with Gasteiger partial charge in [-0.15, -0.1) is 0 Å². The van der Waals surface area contributed by atoms with Gasteiger partial charge in [0.1, 0.15) is 6.04 Å². The molecule has 0 aromatic rings. The Morgan fingerprint density at radius 2 is 1.83 bits per heavy atom. The molecular weight excluding hydrogens is 382 g/mol. The van der Waals surface area contributed by atoms with E-state index in [-0.39, 0.29) is 36.2 Å². The summed E-state index contributed by atoms with van der Waals surface area (Å²) in [6.07, 6.45) is 5.45. The minimum atomic E-state index is -0.742. The van der Waals surface area contributed by atoms with Crippen molar-refractivity contribution in [3.8, 4) is 0 Å². The first-order chi connectivity index (χ1) is 14.0. The number of aliphatic hydroxyl groups is 1. The Bertz CT molecular complexity index is 684. The fraction of sp³-hybridized carbons (Fsp3) is 0.783. The van der Waals surface area contributed by atoms with Crippen LogP contribution in [-0.2, 0) is 14.4 Å². The number of carbonyl (C=O) groups excluding carboxylic acids is 3. The number of hydrogen-bond donors (Lipinski definition) is 3. The predicted octanol–water partition coefficient (Wildman–Crippen LogP) is 1.71. The van der Waals surface area contributed by atoms with Crippen LogP contribution in [0.2, 0.25) is 0 Å². The van der Waals surface area contributed by atoms with Crippen LogP contribution >= 0.6 is 0 Å². The van der Waals surface area contributed by atoms with E-state index in [0.29, 0.717) is 0 Å². The van der Waals surface area contributed by atoms with E-state index < -0.39 is 35.4 Å². The SMILES string of the molecule is CC[C@H](C)[C@H](CO)N1C(=O)[C@@H]2[C@H](C=C[C@@H](CC)[C@H]2C(=O)NC)[C@H]1C(=O)NC(C)(C)C. The van der Waals surface area contributed by atoms with Crippen molar-refractivity contribution in [2.75, 3.05) is 13.7 Å². The van der Waals surface area contributed by atoms with Gasteiger partial charge in [0.2, 0.25) is 17.7 Å². The second-order valence-corrected chi connectivity index (χ2v) is 9.77. The Balaban J connectivity index is 2.58. The van der Waals surface area contributed by atoms with Gasteiger partial charge in [0.05, 0.1) is 24.5 Å². The first-order valence-electron chi connectivity index (χ1n) is 11.2. The van der Waals surface area contributed by atoms with Crippen LogP contribution in [0, 0.1) is 29.6 Å². The van der Waals surface area contributed by atoms with Crippen molar-refractivity contribution < 1.29 is 19.5 Å². The Kier molecular flexibility index (Phi) is 7.72. The van der Waals surface area contributed by atoms with Gasteiger partial charge in [0.25, 0.3) is 0 Å². The summed E-state index contributed by atoms with van der Waals surface area (Å²) in [4.78, 5) is 41.5. The molecule has 0 aromatic carbocycles. The number of nitrogens with zero attached hydrogens (tertiary/aromatic N) is 1. The highest BCUT2D eigenvalue weighted by Crippen LogP contribution is 2.46. The molecule has 3 N–H and O–H groups in total. The van der Waals surface area contributed by atoms with Crippen LogP contribution in [0.1, 0.15) is 54.4 Å². The molecule has 1 saturated heterocycles. The molecule has 2 rings (SSSR count). The average molecular weight is 422 g/mol. The lowest BCUT2D eigenvalue weighted by Crippen LogP contribution is -2.56. The topological polar surface area (TPSA) is 98.7 Å². The van der Waals surface area contributed by atoms with Gasteiger partial charge in [-0.05, 0) is 39.0 Å². The van der Waals surface area contributed by atoms with E-state index in [1.54, 1.807) is 11.9 Å². The number of allylic oxidation sites excluding steroid dienone is 1. The molecule has 1 aliphatic carbocycles. The van der Waals surface area contributed by atoms with E-state index in [1.165, 1.54) is 0 Å². The first-order valence-corrected chi connectivity index (χ1v) is 11.2. The maximum atomic E-state index is 13.8. The van der Waals surface area contributed by atoms with Crippen molar-refractivity contribution in [3.63, 3.8) is 0 Å². The van der Waals surface area contributed by atoms with E-state index in [2.05, 4.69) is 10.6 Å². The van der Waals surface area contributed by atoms with Gasteiger partial charge in [0.15, 0.2) is 0 Å². The molecule has 2 aliphatic rings. The molecule has 1 aliphatic heterocycles. The summed E-state index contributed by atoms with van der Waals surface area (Å²) in [6, 6.07) is -1.21. The van der Waals surface area contributed by atoms with Crippen molar-refractivity contribution in [1.29, 1.82) is 0 Å². The van der Waals surface area contributed by atoms with Crippen LogP contribution in [-0.4, -0.2) is 59.0 Å². The number of rotatable bonds is 7. The summed E-state index contributed by atoms with van der Waals surface area (Å²) in [5.74, 6) is -2.17. The van der Waals surface area contributed by atoms with E-state index in [9.17, 15) is 19.5 Å². The van der Waals surface area contributed by atoms with Crippen LogP contribution in [0.4, 0.5) is 0 Å². The quantitative estimate of drug-likeness (QED) is 0.545. The van der Waals surface area contributed by atoms with Crippen molar-refractivity contribution in [2.45, 2.75) is 72.0 Å². The van der Waals surface area contributed by atoms with Crippen molar-refractivity contribution in [1.82, 2.24) is 15.5 Å². The second-order valence-electron chi connectivity index (χ2n) is 9.77. The van der Waals surface area contributed by atoms with E-state index in [0.717, 1.165) is 12.8 Å². The Morgan fingerprint density at radius 3 is 2.30 bits per heavy atom. The number of nitrogens with one attached hydrogen (secondary N) is 2. The van der Waals surface area contributed by atoms with Crippen LogP contribution in [0.15, 0.2) is 12.2 Å². The highest BCUT2D eigenvalue weighted by Gasteiger charge is 2.58. The Labute approximate surface area is 180 Å². The van der Waals surface area contributed by atoms with Gasteiger partial charge in [0, 0.05) is 18.5 Å². The molecule has 30 heavy (non-hydrogen) atoms. The Hall–Kier alpha value is -1.89. The molecular formula is C23H39N3O4. The molecule has 0 radical (unpaired) electrons. The average Bonchev–Trinajstić information content (AvgIpc) is 2.98. The van der Waals surface area contributed by atoms with E-state index in [1.807, 2.05) is 53.7 Å². The molecule has 0 spiro atoms. The molecule has 0 unspecified atom stereocenters. The largest absolute Gasteiger partial charge is 0.394 e. The zero-order valence-corrected chi connectivity index (χ0v) is 19.4. The summed E-state index contributed by atoms with van der Waals surface area (Å²) in [7, 11) is 1.58. The lowest BCUT2D eigenvalue weighted by atomic mass is 9.68. The maximum Gasteiger partial charge on any atom is 0.243 e. The molecule has 7 heteroatoms. The molecule has 7 atom stereocenters. The molecule has 3 amide bonds. The van der Waals surface area contributed by atoms with Crippen molar-refractivity contribution in [2.24, 2.45) is 29.6 Å². The number of hydrogen-bond acceptors (Lipinski definition) is 4. The fourth-order valence-corrected chi connectivity index (χ4v) is 4.97. The molecule has 7 nitrogen and oxygen atoms in total. The standard InChI is InChI=1S/C23H39N3O4/c1-8-13(3)16(12-27)26-19(21(29)25-23(4,5)6)15-11-10-14(9-2)17(20(28)24-7)18(15)22(26)30/h10-11,13-19,27H,8-9,12H2,1-7H3,(H,24,28)(H,25,29)/t13-,14+,15-,16-,17+,18+,19-/m0/s1. The van der Waals surface area contributed by atoms with Gasteiger partial charge in [-0.3, -0.25) is 14.4 Å². The fourth-order valence-electron chi connectivity index (χ4n) is 4.97. The minimum Gasteiger partial charge on any atom is -0.394 e. The zero-order chi connectivity index (χ0) is 22.8. The van der Waals surface area contributed by atoms with Gasteiger partial charge < -0.3 is 20.6 Å². The third-order valence-corrected chi connectivity index (χ3v) is 6.68. The summed E-state index contributed by atoms with van der Waals surface area (Å²) in [5, 5.41) is 15.9. The van der Waals surface area contributed by atoms with Crippen LogP contribution in [0.3, 0.4) is 0 Å². The number of amides is 3. The first kappa shape index (κ1) is 24.4. The van der Waals surface area contributed by atoms with Crippen molar-refractivity contribution >= 4 is 17.7 Å². The zero-order valence-electron chi connectivity index (χ0n) is 19.4. The number of carbonyl (C=O) groups is 3. The third kappa shape index (κ3) is 4.56. The highest BCUT2D eigenvalue weighted by molar-refractivity contribution is 5.97.